The number of likely N-dealkylation sites (N-methyl/N-ethyl adjacent to an activating group) is 1. The maximum Gasteiger partial charge on any atom is 0.236 e. The third-order valence-electron chi connectivity index (χ3n) is 3.60. The normalized spacial score (nSPS) is 18.8. The van der Waals surface area contributed by atoms with Crippen molar-refractivity contribution in [2.75, 3.05) is 33.2 Å². The molecule has 0 aromatic carbocycles. The smallest absolute Gasteiger partial charge is 0.236 e. The van der Waals surface area contributed by atoms with E-state index in [-0.39, 0.29) is 17.4 Å². The standard InChI is InChI=1S/C13H27N3O/c1-13(2,3)11(9-14)15(4)10-12(17)16-7-5-6-8-16/h11H,5-10,14H2,1-4H3. The van der Waals surface area contributed by atoms with E-state index in [1.807, 2.05) is 11.9 Å². The predicted octanol–water partition coefficient (Wildman–Crippen LogP) is 0.914. The number of carbonyl (C=O) groups excluding carboxylic acids is 1. The van der Waals surface area contributed by atoms with Crippen LogP contribution in [-0.4, -0.2) is 55.0 Å². The Morgan fingerprint density at radius 1 is 1.35 bits per heavy atom. The lowest BCUT2D eigenvalue weighted by Crippen LogP contribution is -2.50. The van der Waals surface area contributed by atoms with Gasteiger partial charge in [-0.3, -0.25) is 9.69 Å². The summed E-state index contributed by atoms with van der Waals surface area (Å²) in [6, 6.07) is 0.244. The lowest BCUT2D eigenvalue weighted by molar-refractivity contribution is -0.131. The molecule has 1 amide bonds. The number of nitrogens with two attached hydrogens (primary N) is 1. The average molecular weight is 241 g/mol. The monoisotopic (exact) mass is 241 g/mol. The number of likely N-dealkylation sites (tertiary alicyclic amines) is 1. The van der Waals surface area contributed by atoms with Crippen LogP contribution in [0, 0.1) is 5.41 Å². The van der Waals surface area contributed by atoms with E-state index in [0.717, 1.165) is 25.9 Å². The van der Waals surface area contributed by atoms with Crippen molar-refractivity contribution in [3.8, 4) is 0 Å². The van der Waals surface area contributed by atoms with Crippen LogP contribution in [0.2, 0.25) is 0 Å². The Labute approximate surface area is 105 Å². The van der Waals surface area contributed by atoms with Gasteiger partial charge >= 0.3 is 0 Å². The average Bonchev–Trinajstić information content (AvgIpc) is 2.68. The highest BCUT2D eigenvalue weighted by atomic mass is 16.2. The van der Waals surface area contributed by atoms with Gasteiger partial charge < -0.3 is 10.6 Å². The number of hydrogen-bond acceptors (Lipinski definition) is 3. The summed E-state index contributed by atoms with van der Waals surface area (Å²) in [7, 11) is 2.00. The molecule has 2 N–H and O–H groups in total. The molecule has 0 saturated carbocycles. The summed E-state index contributed by atoms with van der Waals surface area (Å²) in [5, 5.41) is 0. The molecular formula is C13H27N3O. The SMILES string of the molecule is CN(CC(=O)N1CCCC1)C(CN)C(C)(C)C. The Balaban J connectivity index is 2.51. The molecular weight excluding hydrogens is 214 g/mol. The molecule has 1 fully saturated rings. The Morgan fingerprint density at radius 3 is 2.29 bits per heavy atom. The quantitative estimate of drug-likeness (QED) is 0.796. The van der Waals surface area contributed by atoms with Crippen LogP contribution in [0.15, 0.2) is 0 Å². The van der Waals surface area contributed by atoms with Gasteiger partial charge in [0.1, 0.15) is 0 Å². The van der Waals surface area contributed by atoms with E-state index in [9.17, 15) is 4.79 Å². The summed E-state index contributed by atoms with van der Waals surface area (Å²) in [4.78, 5) is 16.1. The molecule has 0 aromatic rings. The van der Waals surface area contributed by atoms with Crippen LogP contribution in [0.3, 0.4) is 0 Å². The lowest BCUT2D eigenvalue weighted by Gasteiger charge is -2.37. The highest BCUT2D eigenvalue weighted by molar-refractivity contribution is 5.78. The Morgan fingerprint density at radius 2 is 1.88 bits per heavy atom. The van der Waals surface area contributed by atoms with Gasteiger partial charge in [0, 0.05) is 25.7 Å². The first-order chi connectivity index (χ1) is 7.86. The molecule has 1 heterocycles. The van der Waals surface area contributed by atoms with Gasteiger partial charge in [-0.2, -0.15) is 0 Å². The van der Waals surface area contributed by atoms with Gasteiger partial charge in [0.15, 0.2) is 0 Å². The van der Waals surface area contributed by atoms with Gasteiger partial charge in [-0.05, 0) is 25.3 Å². The van der Waals surface area contributed by atoms with Crippen LogP contribution < -0.4 is 5.73 Å². The molecule has 0 spiro atoms. The van der Waals surface area contributed by atoms with Gasteiger partial charge in [0.25, 0.3) is 0 Å². The summed E-state index contributed by atoms with van der Waals surface area (Å²) in [6.07, 6.45) is 2.30. The molecule has 1 saturated heterocycles. The second-order valence-corrected chi connectivity index (χ2v) is 6.12. The van der Waals surface area contributed by atoms with Crippen molar-refractivity contribution in [3.05, 3.63) is 0 Å². The molecule has 17 heavy (non-hydrogen) atoms. The Hall–Kier alpha value is -0.610. The molecule has 0 radical (unpaired) electrons. The topological polar surface area (TPSA) is 49.6 Å². The van der Waals surface area contributed by atoms with E-state index in [0.29, 0.717) is 13.1 Å². The molecule has 100 valence electrons. The minimum Gasteiger partial charge on any atom is -0.342 e. The highest BCUT2D eigenvalue weighted by Gasteiger charge is 2.29. The van der Waals surface area contributed by atoms with Crippen molar-refractivity contribution >= 4 is 5.91 Å². The number of nitrogens with zero attached hydrogens (tertiary/aromatic N) is 2. The van der Waals surface area contributed by atoms with Crippen molar-refractivity contribution in [2.24, 2.45) is 11.1 Å². The molecule has 1 aliphatic rings. The van der Waals surface area contributed by atoms with Gasteiger partial charge in [0.2, 0.25) is 5.91 Å². The van der Waals surface area contributed by atoms with Crippen molar-refractivity contribution < 1.29 is 4.79 Å². The molecule has 0 aliphatic carbocycles. The maximum atomic E-state index is 12.0. The fourth-order valence-corrected chi connectivity index (χ4v) is 2.58. The van der Waals surface area contributed by atoms with E-state index < -0.39 is 0 Å². The fraction of sp³-hybridized carbons (Fsp3) is 0.923. The number of rotatable bonds is 4. The molecule has 1 aliphatic heterocycles. The second-order valence-electron chi connectivity index (χ2n) is 6.12. The van der Waals surface area contributed by atoms with E-state index >= 15 is 0 Å². The van der Waals surface area contributed by atoms with E-state index in [4.69, 9.17) is 5.73 Å². The number of amides is 1. The fourth-order valence-electron chi connectivity index (χ4n) is 2.58. The van der Waals surface area contributed by atoms with Crippen LogP contribution in [-0.2, 0) is 4.79 Å². The molecule has 4 nitrogen and oxygen atoms in total. The summed E-state index contributed by atoms with van der Waals surface area (Å²) in [6.45, 7) is 9.43. The number of hydrogen-bond donors (Lipinski definition) is 1. The van der Waals surface area contributed by atoms with Crippen LogP contribution >= 0.6 is 0 Å². The summed E-state index contributed by atoms with van der Waals surface area (Å²) < 4.78 is 0. The second kappa shape index (κ2) is 5.83. The zero-order valence-corrected chi connectivity index (χ0v) is 11.7. The maximum absolute atomic E-state index is 12.0. The largest absolute Gasteiger partial charge is 0.342 e. The zero-order valence-electron chi connectivity index (χ0n) is 11.7. The van der Waals surface area contributed by atoms with Crippen molar-refractivity contribution in [1.82, 2.24) is 9.80 Å². The molecule has 4 heteroatoms. The summed E-state index contributed by atoms with van der Waals surface area (Å²) in [5.41, 5.74) is 5.93. The van der Waals surface area contributed by atoms with Gasteiger partial charge in [-0.25, -0.2) is 0 Å². The van der Waals surface area contributed by atoms with E-state index in [2.05, 4.69) is 25.7 Å². The highest BCUT2D eigenvalue weighted by Crippen LogP contribution is 2.22. The third-order valence-corrected chi connectivity index (χ3v) is 3.60. The van der Waals surface area contributed by atoms with Crippen molar-refractivity contribution in [1.29, 1.82) is 0 Å². The molecule has 0 bridgehead atoms. The van der Waals surface area contributed by atoms with Gasteiger partial charge in [-0.1, -0.05) is 20.8 Å². The minimum absolute atomic E-state index is 0.106. The summed E-state index contributed by atoms with van der Waals surface area (Å²) in [5.74, 6) is 0.243. The van der Waals surface area contributed by atoms with Gasteiger partial charge in [-0.15, -0.1) is 0 Å². The first kappa shape index (κ1) is 14.5. The minimum atomic E-state index is 0.106. The van der Waals surface area contributed by atoms with Crippen LogP contribution in [0.25, 0.3) is 0 Å². The molecule has 1 atom stereocenters. The Kier molecular flexibility index (Phi) is 4.95. The first-order valence-electron chi connectivity index (χ1n) is 6.54. The van der Waals surface area contributed by atoms with Crippen molar-refractivity contribution in [2.45, 2.75) is 39.7 Å². The van der Waals surface area contributed by atoms with E-state index in [1.165, 1.54) is 0 Å². The molecule has 0 aromatic heterocycles. The van der Waals surface area contributed by atoms with E-state index in [1.54, 1.807) is 0 Å². The van der Waals surface area contributed by atoms with Crippen LogP contribution in [0.1, 0.15) is 33.6 Å². The van der Waals surface area contributed by atoms with Crippen molar-refractivity contribution in [3.63, 3.8) is 0 Å². The molecule has 1 unspecified atom stereocenters. The van der Waals surface area contributed by atoms with Crippen LogP contribution in [0.5, 0.6) is 0 Å². The molecule has 1 rings (SSSR count). The predicted molar refractivity (Wildman–Crippen MR) is 70.7 cm³/mol. The number of carbonyl (C=O) groups is 1. The summed E-state index contributed by atoms with van der Waals surface area (Å²) >= 11 is 0. The third kappa shape index (κ3) is 3.96. The van der Waals surface area contributed by atoms with Gasteiger partial charge in [0.05, 0.1) is 6.54 Å². The van der Waals surface area contributed by atoms with Crippen LogP contribution in [0.4, 0.5) is 0 Å². The lowest BCUT2D eigenvalue weighted by atomic mass is 9.86. The Bertz CT molecular complexity index is 254. The first-order valence-corrected chi connectivity index (χ1v) is 6.54. The zero-order chi connectivity index (χ0) is 13.1.